The van der Waals surface area contributed by atoms with Crippen molar-refractivity contribution in [3.8, 4) is 33.4 Å². The maximum absolute atomic E-state index is 2.43. The molecule has 1 heterocycles. The average molecular weight is 680 g/mol. The normalized spacial score (nSPS) is 11.5. The Hall–Kier alpha value is -6.48. The second kappa shape index (κ2) is 12.7. The van der Waals surface area contributed by atoms with E-state index in [4.69, 9.17) is 0 Å². The Labute approximate surface area is 307 Å². The van der Waals surface area contributed by atoms with Gasteiger partial charge in [0, 0.05) is 37.1 Å². The van der Waals surface area contributed by atoms with Gasteiger partial charge in [-0.25, -0.2) is 0 Å². The summed E-state index contributed by atoms with van der Waals surface area (Å²) in [6, 6.07) is 73.0. The summed E-state index contributed by atoms with van der Waals surface area (Å²) in [5.41, 5.74) is 10.6. The molecule has 2 heteroatoms. The Morgan fingerprint density at radius 2 is 0.885 bits per heavy atom. The lowest BCUT2D eigenvalue weighted by Gasteiger charge is -2.29. The second-order valence-electron chi connectivity index (χ2n) is 13.3. The van der Waals surface area contributed by atoms with Gasteiger partial charge in [-0.15, -0.1) is 11.3 Å². The van der Waals surface area contributed by atoms with Crippen LogP contribution in [-0.2, 0) is 0 Å². The molecule has 0 radical (unpaired) electrons. The van der Waals surface area contributed by atoms with Crippen LogP contribution in [0.2, 0.25) is 0 Å². The molecule has 0 aliphatic carbocycles. The Bertz CT molecular complexity index is 2890. The van der Waals surface area contributed by atoms with Gasteiger partial charge in [-0.3, -0.25) is 0 Å². The summed E-state index contributed by atoms with van der Waals surface area (Å²) in [5, 5.41) is 7.67. The van der Waals surface area contributed by atoms with E-state index >= 15 is 0 Å². The Kier molecular flexibility index (Phi) is 7.41. The highest BCUT2D eigenvalue weighted by Gasteiger charge is 2.20. The molecule has 9 aromatic carbocycles. The van der Waals surface area contributed by atoms with Crippen molar-refractivity contribution in [3.05, 3.63) is 200 Å². The second-order valence-corrected chi connectivity index (χ2v) is 14.4. The van der Waals surface area contributed by atoms with Crippen molar-refractivity contribution in [1.82, 2.24) is 0 Å². The van der Waals surface area contributed by atoms with Crippen molar-refractivity contribution in [3.63, 3.8) is 0 Å². The van der Waals surface area contributed by atoms with Crippen LogP contribution in [-0.4, -0.2) is 0 Å². The smallest absolute Gasteiger partial charge is 0.0540 e. The van der Waals surface area contributed by atoms with Crippen LogP contribution in [0, 0.1) is 0 Å². The van der Waals surface area contributed by atoms with E-state index in [0.717, 1.165) is 17.1 Å². The van der Waals surface area contributed by atoms with Crippen molar-refractivity contribution in [1.29, 1.82) is 0 Å². The minimum absolute atomic E-state index is 1.11. The van der Waals surface area contributed by atoms with Crippen LogP contribution in [0.3, 0.4) is 0 Å². The van der Waals surface area contributed by atoms with E-state index in [9.17, 15) is 0 Å². The largest absolute Gasteiger partial charge is 0.310 e. The van der Waals surface area contributed by atoms with E-state index in [1.807, 2.05) is 11.3 Å². The third kappa shape index (κ3) is 5.24. The molecule has 0 aliphatic rings. The molecule has 1 aromatic heterocycles. The third-order valence-electron chi connectivity index (χ3n) is 10.3. The van der Waals surface area contributed by atoms with Crippen molar-refractivity contribution in [2.45, 2.75) is 0 Å². The fraction of sp³-hybridized carbons (Fsp3) is 0. The van der Waals surface area contributed by atoms with E-state index in [2.05, 4.69) is 205 Å². The predicted molar refractivity (Wildman–Crippen MR) is 225 cm³/mol. The van der Waals surface area contributed by atoms with E-state index < -0.39 is 0 Å². The van der Waals surface area contributed by atoms with Gasteiger partial charge in [-0.2, -0.15) is 0 Å². The number of benzene rings is 9. The molecule has 244 valence electrons. The molecular weight excluding hydrogens is 647 g/mol. The molecule has 1 nitrogen and oxygen atoms in total. The monoisotopic (exact) mass is 679 g/mol. The van der Waals surface area contributed by atoms with Gasteiger partial charge in [-0.1, -0.05) is 152 Å². The van der Waals surface area contributed by atoms with Crippen LogP contribution in [0.25, 0.3) is 75.1 Å². The van der Waals surface area contributed by atoms with Crippen LogP contribution in [0.5, 0.6) is 0 Å². The third-order valence-corrected chi connectivity index (χ3v) is 11.4. The van der Waals surface area contributed by atoms with E-state index in [1.54, 1.807) is 0 Å². The first-order valence-electron chi connectivity index (χ1n) is 17.8. The van der Waals surface area contributed by atoms with Gasteiger partial charge in [-0.05, 0) is 97.9 Å². The molecule has 0 amide bonds. The number of hydrogen-bond donors (Lipinski definition) is 0. The highest BCUT2D eigenvalue weighted by Crippen LogP contribution is 2.46. The van der Waals surface area contributed by atoms with Gasteiger partial charge in [0.2, 0.25) is 0 Å². The van der Waals surface area contributed by atoms with Crippen LogP contribution >= 0.6 is 11.3 Å². The lowest BCUT2D eigenvalue weighted by Crippen LogP contribution is -2.11. The summed E-state index contributed by atoms with van der Waals surface area (Å²) in [7, 11) is 0. The molecule has 0 fully saturated rings. The molecule has 0 bridgehead atoms. The zero-order valence-electron chi connectivity index (χ0n) is 28.4. The fourth-order valence-electron chi connectivity index (χ4n) is 7.76. The zero-order chi connectivity index (χ0) is 34.4. The molecule has 0 atom stereocenters. The Balaban J connectivity index is 1.21. The van der Waals surface area contributed by atoms with Crippen LogP contribution < -0.4 is 4.90 Å². The van der Waals surface area contributed by atoms with Crippen molar-refractivity contribution in [2.75, 3.05) is 4.90 Å². The summed E-state index contributed by atoms with van der Waals surface area (Å²) >= 11 is 1.86. The van der Waals surface area contributed by atoms with Crippen molar-refractivity contribution >= 4 is 70.1 Å². The van der Waals surface area contributed by atoms with Crippen LogP contribution in [0.15, 0.2) is 200 Å². The highest BCUT2D eigenvalue weighted by atomic mass is 32.1. The number of anilines is 3. The number of thiophene rings is 1. The zero-order valence-corrected chi connectivity index (χ0v) is 29.2. The van der Waals surface area contributed by atoms with Gasteiger partial charge in [0.1, 0.15) is 0 Å². The standard InChI is InChI=1S/C50H33NS/c1-3-13-34(14-4-1)35-23-26-39(27-24-35)51(40-28-29-45-44-21-11-12-22-49(44)52-50(45)33-40)48-30-25-38(32-47(48)36-15-5-2-6-16-36)46-31-37-17-7-8-18-41(37)42-19-9-10-20-43(42)46/h1-33H. The topological polar surface area (TPSA) is 3.24 Å². The van der Waals surface area contributed by atoms with E-state index in [-0.39, 0.29) is 0 Å². The summed E-state index contributed by atoms with van der Waals surface area (Å²) < 4.78 is 2.59. The average Bonchev–Trinajstić information content (AvgIpc) is 3.60. The molecule has 0 saturated heterocycles. The summed E-state index contributed by atoms with van der Waals surface area (Å²) in [5.74, 6) is 0. The quantitative estimate of drug-likeness (QED) is 0.158. The number of rotatable bonds is 6. The van der Waals surface area contributed by atoms with Gasteiger partial charge in [0.05, 0.1) is 5.69 Å². The number of fused-ring (bicyclic) bond motifs is 6. The van der Waals surface area contributed by atoms with Crippen LogP contribution in [0.1, 0.15) is 0 Å². The number of hydrogen-bond acceptors (Lipinski definition) is 2. The molecular formula is C50H33NS. The van der Waals surface area contributed by atoms with Gasteiger partial charge >= 0.3 is 0 Å². The highest BCUT2D eigenvalue weighted by molar-refractivity contribution is 7.25. The molecule has 0 unspecified atom stereocenters. The van der Waals surface area contributed by atoms with Gasteiger partial charge in [0.25, 0.3) is 0 Å². The predicted octanol–water partition coefficient (Wildman–Crippen LogP) is 14.8. The lowest BCUT2D eigenvalue weighted by atomic mass is 9.91. The Morgan fingerprint density at radius 1 is 0.308 bits per heavy atom. The first kappa shape index (κ1) is 30.4. The number of nitrogens with zero attached hydrogens (tertiary/aromatic N) is 1. The first-order chi connectivity index (χ1) is 25.8. The molecule has 0 spiro atoms. The SMILES string of the molecule is c1ccc(-c2ccc(N(c3ccc4c(c3)sc3ccccc34)c3ccc(-c4cc5ccccc5c5ccccc45)cc3-c3ccccc3)cc2)cc1. The summed E-state index contributed by atoms with van der Waals surface area (Å²) in [6.45, 7) is 0. The molecule has 0 saturated carbocycles. The minimum Gasteiger partial charge on any atom is -0.310 e. The van der Waals surface area contributed by atoms with Gasteiger partial charge < -0.3 is 4.90 Å². The van der Waals surface area contributed by atoms with Gasteiger partial charge in [0.15, 0.2) is 0 Å². The summed E-state index contributed by atoms with van der Waals surface area (Å²) in [6.07, 6.45) is 0. The maximum Gasteiger partial charge on any atom is 0.0540 e. The van der Waals surface area contributed by atoms with E-state index in [1.165, 1.54) is 75.1 Å². The fourth-order valence-corrected chi connectivity index (χ4v) is 8.89. The molecule has 52 heavy (non-hydrogen) atoms. The van der Waals surface area contributed by atoms with E-state index in [0.29, 0.717) is 0 Å². The van der Waals surface area contributed by atoms with Crippen molar-refractivity contribution in [2.24, 2.45) is 0 Å². The van der Waals surface area contributed by atoms with Crippen molar-refractivity contribution < 1.29 is 0 Å². The molecule has 0 aliphatic heterocycles. The van der Waals surface area contributed by atoms with Crippen LogP contribution in [0.4, 0.5) is 17.1 Å². The first-order valence-corrected chi connectivity index (χ1v) is 18.6. The maximum atomic E-state index is 2.43. The Morgan fingerprint density at radius 3 is 1.67 bits per heavy atom. The minimum atomic E-state index is 1.11. The summed E-state index contributed by atoms with van der Waals surface area (Å²) in [4.78, 5) is 2.43. The molecule has 10 aromatic rings. The lowest BCUT2D eigenvalue weighted by molar-refractivity contribution is 1.29. The molecule has 0 N–H and O–H groups in total. The molecule has 10 rings (SSSR count).